The van der Waals surface area contributed by atoms with E-state index in [4.69, 9.17) is 0 Å². The van der Waals surface area contributed by atoms with Gasteiger partial charge >= 0.3 is 0 Å². The Morgan fingerprint density at radius 2 is 2.00 bits per heavy atom. The normalized spacial score (nSPS) is 15.3. The molecule has 0 atom stereocenters. The molecule has 1 aliphatic rings. The van der Waals surface area contributed by atoms with Gasteiger partial charge in [0.2, 0.25) is 5.91 Å². The molecule has 0 saturated carbocycles. The lowest BCUT2D eigenvalue weighted by atomic mass is 10.1. The maximum Gasteiger partial charge on any atom is 0.227 e. The van der Waals surface area contributed by atoms with Gasteiger partial charge in [-0.1, -0.05) is 18.2 Å². The summed E-state index contributed by atoms with van der Waals surface area (Å²) < 4.78 is 13.6. The Kier molecular flexibility index (Phi) is 4.15. The highest BCUT2D eigenvalue weighted by atomic mass is 32.1. The van der Waals surface area contributed by atoms with E-state index in [0.29, 0.717) is 18.7 Å². The Hall–Kier alpha value is -1.95. The summed E-state index contributed by atoms with van der Waals surface area (Å²) in [4.78, 5) is 20.5. The molecule has 1 fully saturated rings. The highest BCUT2D eigenvalue weighted by Crippen LogP contribution is 2.19. The molecule has 21 heavy (non-hydrogen) atoms. The standard InChI is InChI=1S/C15H16FN3OS/c16-13-4-2-1-3-12(13)11-14(20)18-6-8-19(9-7-18)15-17-5-10-21-15/h1-5,10H,6-9,11H2. The highest BCUT2D eigenvalue weighted by molar-refractivity contribution is 7.13. The maximum atomic E-state index is 13.6. The van der Waals surface area contributed by atoms with Gasteiger partial charge in [-0.2, -0.15) is 0 Å². The number of hydrogen-bond acceptors (Lipinski definition) is 4. The number of carbonyl (C=O) groups is 1. The zero-order valence-corrected chi connectivity index (χ0v) is 12.4. The molecule has 3 rings (SSSR count). The topological polar surface area (TPSA) is 36.4 Å². The van der Waals surface area contributed by atoms with E-state index in [1.165, 1.54) is 6.07 Å². The molecule has 0 unspecified atom stereocenters. The molecular formula is C15H16FN3OS. The second-order valence-electron chi connectivity index (χ2n) is 4.95. The fraction of sp³-hybridized carbons (Fsp3) is 0.333. The molecule has 1 aromatic carbocycles. The van der Waals surface area contributed by atoms with Gasteiger partial charge in [-0.3, -0.25) is 4.79 Å². The van der Waals surface area contributed by atoms with Crippen molar-refractivity contribution in [2.24, 2.45) is 0 Å². The number of thiazole rings is 1. The van der Waals surface area contributed by atoms with Crippen LogP contribution in [0, 0.1) is 5.82 Å². The minimum atomic E-state index is -0.313. The number of piperazine rings is 1. The summed E-state index contributed by atoms with van der Waals surface area (Å²) in [6.45, 7) is 2.87. The van der Waals surface area contributed by atoms with E-state index in [9.17, 15) is 9.18 Å². The van der Waals surface area contributed by atoms with E-state index in [1.807, 2.05) is 5.38 Å². The number of anilines is 1. The third-order valence-electron chi connectivity index (χ3n) is 3.62. The van der Waals surface area contributed by atoms with Gasteiger partial charge < -0.3 is 9.80 Å². The number of nitrogens with zero attached hydrogens (tertiary/aromatic N) is 3. The first-order valence-corrected chi connectivity index (χ1v) is 7.77. The Balaban J connectivity index is 1.57. The highest BCUT2D eigenvalue weighted by Gasteiger charge is 2.22. The molecule has 110 valence electrons. The van der Waals surface area contributed by atoms with Crippen molar-refractivity contribution in [1.29, 1.82) is 0 Å². The molecule has 2 heterocycles. The van der Waals surface area contributed by atoms with E-state index < -0.39 is 0 Å². The molecule has 1 amide bonds. The molecule has 0 aliphatic carbocycles. The van der Waals surface area contributed by atoms with Gasteiger partial charge in [0.15, 0.2) is 5.13 Å². The van der Waals surface area contributed by atoms with Crippen LogP contribution in [0.15, 0.2) is 35.8 Å². The van der Waals surface area contributed by atoms with Gasteiger partial charge in [0.1, 0.15) is 5.82 Å². The van der Waals surface area contributed by atoms with Gasteiger partial charge in [0.25, 0.3) is 0 Å². The lowest BCUT2D eigenvalue weighted by Gasteiger charge is -2.34. The SMILES string of the molecule is O=C(Cc1ccccc1F)N1CCN(c2nccs2)CC1. The Labute approximate surface area is 126 Å². The number of amides is 1. The number of rotatable bonds is 3. The van der Waals surface area contributed by atoms with Crippen LogP contribution in [0.2, 0.25) is 0 Å². The summed E-state index contributed by atoms with van der Waals surface area (Å²) in [6.07, 6.45) is 1.92. The van der Waals surface area contributed by atoms with Gasteiger partial charge in [0, 0.05) is 37.8 Å². The molecule has 1 saturated heterocycles. The Bertz CT molecular complexity index is 609. The van der Waals surface area contributed by atoms with Crippen LogP contribution in [0.4, 0.5) is 9.52 Å². The first-order valence-electron chi connectivity index (χ1n) is 6.89. The van der Waals surface area contributed by atoms with Crippen LogP contribution in [-0.4, -0.2) is 42.0 Å². The van der Waals surface area contributed by atoms with Crippen LogP contribution >= 0.6 is 11.3 Å². The predicted octanol–water partition coefficient (Wildman–Crippen LogP) is 2.17. The number of benzene rings is 1. The van der Waals surface area contributed by atoms with Crippen LogP contribution < -0.4 is 4.90 Å². The van der Waals surface area contributed by atoms with E-state index in [2.05, 4.69) is 9.88 Å². The third kappa shape index (κ3) is 3.21. The Morgan fingerprint density at radius 1 is 1.24 bits per heavy atom. The van der Waals surface area contributed by atoms with Crippen LogP contribution in [0.3, 0.4) is 0 Å². The van der Waals surface area contributed by atoms with Crippen molar-refractivity contribution in [3.05, 3.63) is 47.2 Å². The molecule has 4 nitrogen and oxygen atoms in total. The Morgan fingerprint density at radius 3 is 2.67 bits per heavy atom. The summed E-state index contributed by atoms with van der Waals surface area (Å²) in [5.74, 6) is -0.328. The summed E-state index contributed by atoms with van der Waals surface area (Å²) in [5, 5.41) is 2.95. The molecule has 0 spiro atoms. The number of hydrogen-bond donors (Lipinski definition) is 0. The first kappa shape index (κ1) is 14.0. The van der Waals surface area contributed by atoms with Crippen molar-refractivity contribution in [2.75, 3.05) is 31.1 Å². The van der Waals surface area contributed by atoms with Gasteiger partial charge in [-0.25, -0.2) is 9.37 Å². The van der Waals surface area contributed by atoms with Crippen molar-refractivity contribution in [1.82, 2.24) is 9.88 Å². The van der Waals surface area contributed by atoms with Crippen molar-refractivity contribution < 1.29 is 9.18 Å². The lowest BCUT2D eigenvalue weighted by molar-refractivity contribution is -0.130. The fourth-order valence-corrected chi connectivity index (χ4v) is 3.13. The summed E-state index contributed by atoms with van der Waals surface area (Å²) in [6, 6.07) is 6.45. The van der Waals surface area contributed by atoms with Crippen molar-refractivity contribution in [3.8, 4) is 0 Å². The monoisotopic (exact) mass is 305 g/mol. The second-order valence-corrected chi connectivity index (χ2v) is 5.82. The van der Waals surface area contributed by atoms with Crippen LogP contribution in [0.5, 0.6) is 0 Å². The molecule has 1 aliphatic heterocycles. The average molecular weight is 305 g/mol. The minimum absolute atomic E-state index is 0.0149. The van der Waals surface area contributed by atoms with Crippen molar-refractivity contribution in [2.45, 2.75) is 6.42 Å². The molecule has 0 N–H and O–H groups in total. The molecule has 0 radical (unpaired) electrons. The first-order chi connectivity index (χ1) is 10.2. The van der Waals surface area contributed by atoms with E-state index in [-0.39, 0.29) is 18.1 Å². The molecule has 1 aromatic heterocycles. The van der Waals surface area contributed by atoms with E-state index in [0.717, 1.165) is 18.2 Å². The van der Waals surface area contributed by atoms with E-state index >= 15 is 0 Å². The van der Waals surface area contributed by atoms with Gasteiger partial charge in [-0.05, 0) is 11.6 Å². The van der Waals surface area contributed by atoms with Crippen LogP contribution in [0.25, 0.3) is 0 Å². The number of carbonyl (C=O) groups excluding carboxylic acids is 1. The number of aromatic nitrogens is 1. The van der Waals surface area contributed by atoms with Gasteiger partial charge in [0.05, 0.1) is 6.42 Å². The third-order valence-corrected chi connectivity index (χ3v) is 4.45. The van der Waals surface area contributed by atoms with Crippen LogP contribution in [0.1, 0.15) is 5.56 Å². The zero-order chi connectivity index (χ0) is 14.7. The van der Waals surface area contributed by atoms with Gasteiger partial charge in [-0.15, -0.1) is 11.3 Å². The summed E-state index contributed by atoms with van der Waals surface area (Å²) in [7, 11) is 0. The lowest BCUT2D eigenvalue weighted by Crippen LogP contribution is -2.49. The summed E-state index contributed by atoms with van der Waals surface area (Å²) >= 11 is 1.61. The molecule has 2 aromatic rings. The smallest absolute Gasteiger partial charge is 0.227 e. The zero-order valence-electron chi connectivity index (χ0n) is 11.5. The molecular weight excluding hydrogens is 289 g/mol. The molecule has 6 heteroatoms. The quantitative estimate of drug-likeness (QED) is 0.872. The van der Waals surface area contributed by atoms with Crippen molar-refractivity contribution in [3.63, 3.8) is 0 Å². The predicted molar refractivity (Wildman–Crippen MR) is 81.0 cm³/mol. The average Bonchev–Trinajstić information content (AvgIpc) is 3.04. The second kappa shape index (κ2) is 6.22. The van der Waals surface area contributed by atoms with Crippen LogP contribution in [-0.2, 0) is 11.2 Å². The minimum Gasteiger partial charge on any atom is -0.345 e. The van der Waals surface area contributed by atoms with Crippen molar-refractivity contribution >= 4 is 22.4 Å². The largest absolute Gasteiger partial charge is 0.345 e. The fourth-order valence-electron chi connectivity index (χ4n) is 2.44. The molecule has 0 bridgehead atoms. The van der Waals surface area contributed by atoms with E-state index in [1.54, 1.807) is 40.6 Å². The number of halogens is 1. The maximum absolute atomic E-state index is 13.6. The summed E-state index contributed by atoms with van der Waals surface area (Å²) in [5.41, 5.74) is 0.463.